The van der Waals surface area contributed by atoms with Crippen molar-refractivity contribution in [3.05, 3.63) is 45.6 Å². The average Bonchev–Trinajstić information content (AvgIpc) is 3.04. The van der Waals surface area contributed by atoms with Crippen LogP contribution in [-0.2, 0) is 6.42 Å². The first-order valence-corrected chi connectivity index (χ1v) is 11.9. The first kappa shape index (κ1) is 24.1. The zero-order chi connectivity index (χ0) is 23.3. The molecule has 0 saturated heterocycles. The number of nitrogens with one attached hydrogen (secondary N) is 2. The van der Waals surface area contributed by atoms with E-state index in [0.29, 0.717) is 47.4 Å². The fourth-order valence-electron chi connectivity index (χ4n) is 3.99. The van der Waals surface area contributed by atoms with E-state index >= 15 is 0 Å². The molecule has 0 aromatic heterocycles. The Kier molecular flexibility index (Phi) is 8.15. The molecule has 0 spiro atoms. The number of hydrogen-bond acceptors (Lipinski definition) is 6. The summed E-state index contributed by atoms with van der Waals surface area (Å²) in [5.41, 5.74) is 3.23. The SMILES string of the molecule is COc1cc2c(c(OC)c1OC)-c1ccc(SC)c(=O)cc1[C@@H](NC(=O)NCCCl)CC2. The molecule has 2 amide bonds. The molecule has 9 heteroatoms. The molecule has 32 heavy (non-hydrogen) atoms. The minimum Gasteiger partial charge on any atom is -0.493 e. The van der Waals surface area contributed by atoms with Crippen molar-refractivity contribution < 1.29 is 19.0 Å². The maximum absolute atomic E-state index is 12.9. The predicted molar refractivity (Wildman–Crippen MR) is 128 cm³/mol. The Morgan fingerprint density at radius 3 is 2.53 bits per heavy atom. The van der Waals surface area contributed by atoms with Crippen LogP contribution in [0, 0.1) is 0 Å². The van der Waals surface area contributed by atoms with Crippen LogP contribution in [0.15, 0.2) is 34.0 Å². The van der Waals surface area contributed by atoms with Gasteiger partial charge in [0.05, 0.1) is 32.3 Å². The van der Waals surface area contributed by atoms with E-state index in [4.69, 9.17) is 25.8 Å². The van der Waals surface area contributed by atoms with Crippen LogP contribution in [-0.4, -0.2) is 46.0 Å². The van der Waals surface area contributed by atoms with Gasteiger partial charge in [-0.25, -0.2) is 4.79 Å². The Balaban J connectivity index is 2.28. The third-order valence-corrected chi connectivity index (χ3v) is 6.37. The van der Waals surface area contributed by atoms with E-state index in [1.807, 2.05) is 24.5 Å². The molecular formula is C23H27ClN2O5S. The van der Waals surface area contributed by atoms with Gasteiger partial charge in [-0.15, -0.1) is 23.4 Å². The highest BCUT2D eigenvalue weighted by Crippen LogP contribution is 2.50. The van der Waals surface area contributed by atoms with Gasteiger partial charge >= 0.3 is 6.03 Å². The number of rotatable bonds is 7. The van der Waals surface area contributed by atoms with Crippen molar-refractivity contribution in [1.29, 1.82) is 0 Å². The van der Waals surface area contributed by atoms with Crippen LogP contribution in [0.5, 0.6) is 17.2 Å². The van der Waals surface area contributed by atoms with Gasteiger partial charge in [0.1, 0.15) is 0 Å². The number of thioether (sulfide) groups is 1. The van der Waals surface area contributed by atoms with Crippen LogP contribution in [0.1, 0.15) is 23.6 Å². The van der Waals surface area contributed by atoms with E-state index in [1.165, 1.54) is 11.8 Å². The summed E-state index contributed by atoms with van der Waals surface area (Å²) in [6.07, 6.45) is 3.08. The lowest BCUT2D eigenvalue weighted by Crippen LogP contribution is -2.39. The fourth-order valence-corrected chi connectivity index (χ4v) is 4.55. The van der Waals surface area contributed by atoms with Crippen molar-refractivity contribution in [1.82, 2.24) is 10.6 Å². The predicted octanol–water partition coefficient (Wildman–Crippen LogP) is 3.99. The van der Waals surface area contributed by atoms with Crippen LogP contribution in [0.3, 0.4) is 0 Å². The number of carbonyl (C=O) groups is 1. The molecule has 0 unspecified atom stereocenters. The number of amides is 2. The summed E-state index contributed by atoms with van der Waals surface area (Å²) >= 11 is 7.08. The van der Waals surface area contributed by atoms with Gasteiger partial charge in [0.25, 0.3) is 0 Å². The minimum absolute atomic E-state index is 0.102. The summed E-state index contributed by atoms with van der Waals surface area (Å²) in [5.74, 6) is 1.88. The van der Waals surface area contributed by atoms with Crippen molar-refractivity contribution in [2.24, 2.45) is 0 Å². The molecule has 172 valence electrons. The van der Waals surface area contributed by atoms with Crippen molar-refractivity contribution >= 4 is 29.4 Å². The standard InChI is InChI=1S/C23H27ClN2O5S/c1-29-18-11-13-5-7-16(26-23(28)25-10-9-24)15-12-17(27)19(32-4)8-6-14(15)20(13)22(31-3)21(18)30-2/h6,8,11-12,16H,5,7,9-10H2,1-4H3,(H2,25,26,28)/t16-/m0/s1. The molecule has 3 rings (SSSR count). The topological polar surface area (TPSA) is 85.9 Å². The lowest BCUT2D eigenvalue weighted by atomic mass is 9.95. The molecule has 7 nitrogen and oxygen atoms in total. The van der Waals surface area contributed by atoms with Crippen molar-refractivity contribution in [2.45, 2.75) is 23.8 Å². The second-order valence-electron chi connectivity index (χ2n) is 7.14. The number of benzene rings is 1. The van der Waals surface area contributed by atoms with E-state index < -0.39 is 0 Å². The molecule has 0 fully saturated rings. The summed E-state index contributed by atoms with van der Waals surface area (Å²) in [5, 5.41) is 5.73. The van der Waals surface area contributed by atoms with Gasteiger partial charge in [-0.3, -0.25) is 4.79 Å². The Hall–Kier alpha value is -2.58. The van der Waals surface area contributed by atoms with E-state index in [2.05, 4.69) is 10.6 Å². The summed E-state index contributed by atoms with van der Waals surface area (Å²) in [6, 6.07) is 6.53. The van der Waals surface area contributed by atoms with Gasteiger partial charge in [0.15, 0.2) is 16.9 Å². The maximum Gasteiger partial charge on any atom is 0.315 e. The van der Waals surface area contributed by atoms with Crippen molar-refractivity contribution in [3.63, 3.8) is 0 Å². The Bertz CT molecular complexity index is 1060. The fraction of sp³-hybridized carbons (Fsp3) is 0.391. The van der Waals surface area contributed by atoms with Gasteiger partial charge in [-0.2, -0.15) is 0 Å². The molecular weight excluding hydrogens is 452 g/mol. The van der Waals surface area contributed by atoms with E-state index in [0.717, 1.165) is 22.3 Å². The summed E-state index contributed by atoms with van der Waals surface area (Å²) in [7, 11) is 4.71. The zero-order valence-corrected chi connectivity index (χ0v) is 20.1. The number of fused-ring (bicyclic) bond motifs is 3. The number of ether oxygens (including phenoxy) is 3. The van der Waals surface area contributed by atoms with Crippen molar-refractivity contribution in [3.8, 4) is 28.4 Å². The quantitative estimate of drug-likeness (QED) is 0.462. The number of hydrogen-bond donors (Lipinski definition) is 2. The van der Waals surface area contributed by atoms with Crippen LogP contribution < -0.4 is 30.3 Å². The number of halogens is 1. The molecule has 1 aliphatic rings. The number of aryl methyl sites for hydroxylation is 1. The van der Waals surface area contributed by atoms with Crippen LogP contribution in [0.4, 0.5) is 4.79 Å². The first-order chi connectivity index (χ1) is 15.5. The second kappa shape index (κ2) is 10.8. The summed E-state index contributed by atoms with van der Waals surface area (Å²) < 4.78 is 16.9. The van der Waals surface area contributed by atoms with Gasteiger partial charge < -0.3 is 24.8 Å². The van der Waals surface area contributed by atoms with Crippen molar-refractivity contribution in [2.75, 3.05) is 40.0 Å². The molecule has 2 aromatic rings. The molecule has 2 aromatic carbocycles. The van der Waals surface area contributed by atoms with Gasteiger partial charge in [-0.1, -0.05) is 6.07 Å². The van der Waals surface area contributed by atoms with Crippen LogP contribution in [0.25, 0.3) is 11.1 Å². The molecule has 1 aliphatic carbocycles. The number of carbonyl (C=O) groups excluding carboxylic acids is 1. The lowest BCUT2D eigenvalue weighted by molar-refractivity contribution is 0.237. The maximum atomic E-state index is 12.9. The Labute approximate surface area is 196 Å². The summed E-state index contributed by atoms with van der Waals surface area (Å²) in [4.78, 5) is 25.9. The van der Waals surface area contributed by atoms with Crippen LogP contribution >= 0.6 is 23.4 Å². The minimum atomic E-state index is -0.385. The first-order valence-electron chi connectivity index (χ1n) is 10.1. The largest absolute Gasteiger partial charge is 0.493 e. The average molecular weight is 479 g/mol. The normalized spacial score (nSPS) is 14.5. The Morgan fingerprint density at radius 1 is 1.16 bits per heavy atom. The zero-order valence-electron chi connectivity index (χ0n) is 18.5. The van der Waals surface area contributed by atoms with E-state index in [1.54, 1.807) is 27.4 Å². The van der Waals surface area contributed by atoms with Gasteiger partial charge in [0, 0.05) is 18.0 Å². The van der Waals surface area contributed by atoms with Gasteiger partial charge in [0.2, 0.25) is 5.75 Å². The molecule has 0 radical (unpaired) electrons. The summed E-state index contributed by atoms with van der Waals surface area (Å²) in [6.45, 7) is 0.349. The smallest absolute Gasteiger partial charge is 0.315 e. The molecule has 0 saturated carbocycles. The van der Waals surface area contributed by atoms with Crippen LogP contribution in [0.2, 0.25) is 0 Å². The van der Waals surface area contributed by atoms with Gasteiger partial charge in [-0.05, 0) is 54.0 Å². The number of methoxy groups -OCH3 is 3. The van der Waals surface area contributed by atoms with E-state index in [-0.39, 0.29) is 17.5 Å². The monoisotopic (exact) mass is 478 g/mol. The number of alkyl halides is 1. The third-order valence-electron chi connectivity index (χ3n) is 5.41. The Morgan fingerprint density at radius 2 is 1.91 bits per heavy atom. The highest BCUT2D eigenvalue weighted by molar-refractivity contribution is 7.98. The molecule has 0 heterocycles. The molecule has 1 atom stereocenters. The highest BCUT2D eigenvalue weighted by Gasteiger charge is 2.29. The number of urea groups is 1. The molecule has 2 N–H and O–H groups in total. The molecule has 0 aliphatic heterocycles. The van der Waals surface area contributed by atoms with E-state index in [9.17, 15) is 9.59 Å². The lowest BCUT2D eigenvalue weighted by Gasteiger charge is -2.20. The molecule has 0 bridgehead atoms. The third kappa shape index (κ3) is 4.76. The highest BCUT2D eigenvalue weighted by atomic mass is 35.5. The second-order valence-corrected chi connectivity index (χ2v) is 8.37.